The first-order valence-electron chi connectivity index (χ1n) is 4.38. The lowest BCUT2D eigenvalue weighted by Crippen LogP contribution is -1.95. The first-order valence-corrected chi connectivity index (χ1v) is 4.38. The SMILES string of the molecule is N#Cc1ccnc(OCc2ccoc2)c1. The van der Waals surface area contributed by atoms with Crippen LogP contribution < -0.4 is 4.74 Å². The third-order valence-electron chi connectivity index (χ3n) is 1.83. The molecule has 0 radical (unpaired) electrons. The molecule has 2 aromatic rings. The highest BCUT2D eigenvalue weighted by Gasteiger charge is 1.99. The van der Waals surface area contributed by atoms with E-state index in [1.54, 1.807) is 30.9 Å². The molecule has 0 aromatic carbocycles. The van der Waals surface area contributed by atoms with E-state index in [9.17, 15) is 0 Å². The molecule has 0 atom stereocenters. The van der Waals surface area contributed by atoms with Gasteiger partial charge in [0.25, 0.3) is 0 Å². The normalized spacial score (nSPS) is 9.53. The molecule has 0 amide bonds. The number of nitriles is 1. The fraction of sp³-hybridized carbons (Fsp3) is 0.0909. The van der Waals surface area contributed by atoms with Crippen molar-refractivity contribution in [2.24, 2.45) is 0 Å². The van der Waals surface area contributed by atoms with Crippen LogP contribution in [0.5, 0.6) is 5.88 Å². The number of hydrogen-bond donors (Lipinski definition) is 0. The Hall–Kier alpha value is -2.28. The Morgan fingerprint density at radius 3 is 3.13 bits per heavy atom. The van der Waals surface area contributed by atoms with Crippen molar-refractivity contribution in [1.82, 2.24) is 4.98 Å². The van der Waals surface area contributed by atoms with Crippen molar-refractivity contribution in [1.29, 1.82) is 5.26 Å². The van der Waals surface area contributed by atoms with Crippen molar-refractivity contribution in [3.63, 3.8) is 0 Å². The van der Waals surface area contributed by atoms with Gasteiger partial charge in [-0.2, -0.15) is 5.26 Å². The van der Waals surface area contributed by atoms with Crippen LogP contribution in [0.15, 0.2) is 41.3 Å². The lowest BCUT2D eigenvalue weighted by Gasteiger charge is -2.02. The summed E-state index contributed by atoms with van der Waals surface area (Å²) in [6.07, 6.45) is 4.73. The molecule has 0 unspecified atom stereocenters. The van der Waals surface area contributed by atoms with E-state index < -0.39 is 0 Å². The van der Waals surface area contributed by atoms with Gasteiger partial charge in [-0.25, -0.2) is 4.98 Å². The molecule has 0 saturated carbocycles. The molecule has 2 rings (SSSR count). The lowest BCUT2D eigenvalue weighted by molar-refractivity contribution is 0.292. The topological polar surface area (TPSA) is 59.0 Å². The van der Waals surface area contributed by atoms with Crippen LogP contribution in [-0.4, -0.2) is 4.98 Å². The summed E-state index contributed by atoms with van der Waals surface area (Å²) in [6.45, 7) is 0.387. The van der Waals surface area contributed by atoms with E-state index in [-0.39, 0.29) is 0 Å². The summed E-state index contributed by atoms with van der Waals surface area (Å²) >= 11 is 0. The molecule has 0 N–H and O–H groups in total. The van der Waals surface area contributed by atoms with E-state index in [1.807, 2.05) is 12.1 Å². The summed E-state index contributed by atoms with van der Waals surface area (Å²) in [7, 11) is 0. The van der Waals surface area contributed by atoms with Gasteiger partial charge in [0.1, 0.15) is 6.61 Å². The van der Waals surface area contributed by atoms with Crippen molar-refractivity contribution in [2.75, 3.05) is 0 Å². The number of nitrogens with zero attached hydrogens (tertiary/aromatic N) is 2. The molecule has 0 aliphatic heterocycles. The third kappa shape index (κ3) is 2.35. The number of ether oxygens (including phenoxy) is 1. The van der Waals surface area contributed by atoms with Crippen LogP contribution in [0.2, 0.25) is 0 Å². The van der Waals surface area contributed by atoms with Crippen molar-refractivity contribution in [3.05, 3.63) is 48.0 Å². The highest BCUT2D eigenvalue weighted by Crippen LogP contribution is 2.11. The molecule has 0 saturated heterocycles. The Bertz CT molecular complexity index is 472. The molecular weight excluding hydrogens is 192 g/mol. The maximum Gasteiger partial charge on any atom is 0.214 e. The van der Waals surface area contributed by atoms with E-state index in [4.69, 9.17) is 14.4 Å². The monoisotopic (exact) mass is 200 g/mol. The number of furan rings is 1. The van der Waals surface area contributed by atoms with Crippen molar-refractivity contribution < 1.29 is 9.15 Å². The second kappa shape index (κ2) is 4.29. The van der Waals surface area contributed by atoms with E-state index in [0.29, 0.717) is 18.1 Å². The van der Waals surface area contributed by atoms with Gasteiger partial charge < -0.3 is 9.15 Å². The average molecular weight is 200 g/mol. The predicted molar refractivity (Wildman–Crippen MR) is 52.0 cm³/mol. The van der Waals surface area contributed by atoms with Crippen LogP contribution in [0, 0.1) is 11.3 Å². The summed E-state index contributed by atoms with van der Waals surface area (Å²) in [4.78, 5) is 3.98. The fourth-order valence-corrected chi connectivity index (χ4v) is 1.09. The Morgan fingerprint density at radius 1 is 1.47 bits per heavy atom. The molecule has 74 valence electrons. The van der Waals surface area contributed by atoms with Gasteiger partial charge in [-0.1, -0.05) is 0 Å². The van der Waals surface area contributed by atoms with Crippen LogP contribution in [0.4, 0.5) is 0 Å². The second-order valence-electron chi connectivity index (χ2n) is 2.91. The number of hydrogen-bond acceptors (Lipinski definition) is 4. The predicted octanol–water partition coefficient (Wildman–Crippen LogP) is 2.13. The van der Waals surface area contributed by atoms with Crippen LogP contribution in [-0.2, 0) is 6.61 Å². The zero-order chi connectivity index (χ0) is 10.5. The number of aromatic nitrogens is 1. The summed E-state index contributed by atoms with van der Waals surface area (Å²) in [6, 6.07) is 7.06. The number of rotatable bonds is 3. The lowest BCUT2D eigenvalue weighted by atomic mass is 10.3. The molecule has 4 nitrogen and oxygen atoms in total. The van der Waals surface area contributed by atoms with Crippen LogP contribution >= 0.6 is 0 Å². The minimum Gasteiger partial charge on any atom is -0.473 e. The largest absolute Gasteiger partial charge is 0.473 e. The van der Waals surface area contributed by atoms with Crippen LogP contribution in [0.3, 0.4) is 0 Å². The third-order valence-corrected chi connectivity index (χ3v) is 1.83. The van der Waals surface area contributed by atoms with E-state index in [0.717, 1.165) is 5.56 Å². The minimum atomic E-state index is 0.387. The van der Waals surface area contributed by atoms with Gasteiger partial charge in [-0.3, -0.25) is 0 Å². The summed E-state index contributed by atoms with van der Waals surface area (Å²) in [5, 5.41) is 8.67. The zero-order valence-corrected chi connectivity index (χ0v) is 7.88. The average Bonchev–Trinajstić information content (AvgIpc) is 2.79. The summed E-state index contributed by atoms with van der Waals surface area (Å²) in [5.74, 6) is 0.440. The Morgan fingerprint density at radius 2 is 2.40 bits per heavy atom. The smallest absolute Gasteiger partial charge is 0.214 e. The molecule has 0 spiro atoms. The van der Waals surface area contributed by atoms with Crippen molar-refractivity contribution in [3.8, 4) is 11.9 Å². The fourth-order valence-electron chi connectivity index (χ4n) is 1.09. The van der Waals surface area contributed by atoms with Crippen molar-refractivity contribution >= 4 is 0 Å². The van der Waals surface area contributed by atoms with E-state index in [1.165, 1.54) is 0 Å². The Labute approximate surface area is 86.7 Å². The molecular formula is C11H8N2O2. The van der Waals surface area contributed by atoms with E-state index in [2.05, 4.69) is 4.98 Å². The molecule has 0 fully saturated rings. The molecule has 0 aliphatic carbocycles. The summed E-state index contributed by atoms with van der Waals surface area (Å²) in [5.41, 5.74) is 1.46. The van der Waals surface area contributed by atoms with Gasteiger partial charge in [0.2, 0.25) is 5.88 Å². The van der Waals surface area contributed by atoms with Crippen LogP contribution in [0.1, 0.15) is 11.1 Å². The second-order valence-corrected chi connectivity index (χ2v) is 2.91. The molecule has 2 aromatic heterocycles. The quantitative estimate of drug-likeness (QED) is 0.761. The van der Waals surface area contributed by atoms with Gasteiger partial charge in [0.15, 0.2) is 0 Å². The van der Waals surface area contributed by atoms with Gasteiger partial charge in [-0.05, 0) is 12.1 Å². The first-order chi connectivity index (χ1) is 7.38. The highest BCUT2D eigenvalue weighted by molar-refractivity contribution is 5.31. The molecule has 4 heteroatoms. The van der Waals surface area contributed by atoms with Crippen molar-refractivity contribution in [2.45, 2.75) is 6.61 Å². The molecule has 2 heterocycles. The Balaban J connectivity index is 2.02. The summed E-state index contributed by atoms with van der Waals surface area (Å²) < 4.78 is 10.3. The Kier molecular flexibility index (Phi) is 2.65. The minimum absolute atomic E-state index is 0.387. The maximum atomic E-state index is 8.67. The molecule has 0 bridgehead atoms. The standard InChI is InChI=1S/C11H8N2O2/c12-6-9-1-3-13-11(5-9)15-8-10-2-4-14-7-10/h1-5,7H,8H2. The van der Waals surface area contributed by atoms with Gasteiger partial charge in [0, 0.05) is 17.8 Å². The molecule has 15 heavy (non-hydrogen) atoms. The van der Waals surface area contributed by atoms with Gasteiger partial charge in [0.05, 0.1) is 24.2 Å². The maximum absolute atomic E-state index is 8.67. The van der Waals surface area contributed by atoms with Gasteiger partial charge in [-0.15, -0.1) is 0 Å². The molecule has 0 aliphatic rings. The highest BCUT2D eigenvalue weighted by atomic mass is 16.5. The number of pyridine rings is 1. The van der Waals surface area contributed by atoms with Gasteiger partial charge >= 0.3 is 0 Å². The van der Waals surface area contributed by atoms with Crippen LogP contribution in [0.25, 0.3) is 0 Å². The zero-order valence-electron chi connectivity index (χ0n) is 7.88. The first kappa shape index (κ1) is 9.28. The van der Waals surface area contributed by atoms with E-state index >= 15 is 0 Å².